The lowest BCUT2D eigenvalue weighted by Crippen LogP contribution is -2.51. The van der Waals surface area contributed by atoms with Gasteiger partial charge in [-0.1, -0.05) is 17.7 Å². The summed E-state index contributed by atoms with van der Waals surface area (Å²) in [6, 6.07) is 6.99. The number of halogens is 1. The Hall–Kier alpha value is -1.15. The van der Waals surface area contributed by atoms with Crippen molar-refractivity contribution in [3.63, 3.8) is 0 Å². The van der Waals surface area contributed by atoms with Crippen LogP contribution < -0.4 is 11.1 Å². The summed E-state index contributed by atoms with van der Waals surface area (Å²) in [5.41, 5.74) is 7.31. The van der Waals surface area contributed by atoms with Crippen LogP contribution >= 0.6 is 12.4 Å². The standard InChI is InChI=1S/C20H29N3O3S.ClH/c1-13-2-6-17(7-3-13)27(25,26)23-10-8-16(9-11-23)22-20(24)18-14-4-5-15(12-14)19(18)21;/h2-3,6-7,14-16,18-19H,4-5,8-12,21H2,1H3,(H,22,24);1H. The summed E-state index contributed by atoms with van der Waals surface area (Å²) in [5, 5.41) is 3.15. The van der Waals surface area contributed by atoms with Crippen LogP contribution in [0, 0.1) is 24.7 Å². The van der Waals surface area contributed by atoms with Crippen LogP contribution in [-0.4, -0.2) is 43.8 Å². The zero-order valence-electron chi connectivity index (χ0n) is 16.2. The summed E-state index contributed by atoms with van der Waals surface area (Å²) in [5.74, 6) is 0.965. The molecule has 1 saturated heterocycles. The van der Waals surface area contributed by atoms with Gasteiger partial charge in [-0.2, -0.15) is 4.31 Å². The molecule has 0 spiro atoms. The summed E-state index contributed by atoms with van der Waals surface area (Å²) in [6.45, 7) is 2.81. The van der Waals surface area contributed by atoms with Gasteiger partial charge in [0.15, 0.2) is 0 Å². The normalized spacial score (nSPS) is 30.8. The smallest absolute Gasteiger partial charge is 0.243 e. The third-order valence-electron chi connectivity index (χ3n) is 6.74. The second kappa shape index (κ2) is 8.30. The van der Waals surface area contributed by atoms with E-state index in [0.29, 0.717) is 42.7 Å². The van der Waals surface area contributed by atoms with Gasteiger partial charge in [0.1, 0.15) is 0 Å². The maximum atomic E-state index is 12.8. The minimum absolute atomic E-state index is 0. The van der Waals surface area contributed by atoms with E-state index < -0.39 is 10.0 Å². The van der Waals surface area contributed by atoms with Crippen LogP contribution in [0.2, 0.25) is 0 Å². The largest absolute Gasteiger partial charge is 0.353 e. The van der Waals surface area contributed by atoms with Crippen molar-refractivity contribution in [2.45, 2.75) is 56.0 Å². The van der Waals surface area contributed by atoms with E-state index >= 15 is 0 Å². The Morgan fingerprint density at radius 1 is 1.07 bits per heavy atom. The summed E-state index contributed by atoms with van der Waals surface area (Å²) in [7, 11) is -3.46. The van der Waals surface area contributed by atoms with Crippen LogP contribution in [-0.2, 0) is 14.8 Å². The van der Waals surface area contributed by atoms with Gasteiger partial charge in [0, 0.05) is 25.2 Å². The highest BCUT2D eigenvalue weighted by Crippen LogP contribution is 2.47. The Bertz CT molecular complexity index is 804. The van der Waals surface area contributed by atoms with Crippen molar-refractivity contribution in [3.05, 3.63) is 29.8 Å². The van der Waals surface area contributed by atoms with Crippen LogP contribution in [0.15, 0.2) is 29.2 Å². The predicted molar refractivity (Wildman–Crippen MR) is 111 cm³/mol. The number of benzene rings is 1. The molecule has 4 rings (SSSR count). The molecular weight excluding hydrogens is 398 g/mol. The van der Waals surface area contributed by atoms with Crippen molar-refractivity contribution < 1.29 is 13.2 Å². The zero-order chi connectivity index (χ0) is 19.2. The number of carbonyl (C=O) groups excluding carboxylic acids is 1. The van der Waals surface area contributed by atoms with Gasteiger partial charge in [0.05, 0.1) is 10.8 Å². The van der Waals surface area contributed by atoms with Crippen LogP contribution in [0.3, 0.4) is 0 Å². The van der Waals surface area contributed by atoms with E-state index in [2.05, 4.69) is 5.32 Å². The van der Waals surface area contributed by atoms with Crippen molar-refractivity contribution in [2.24, 2.45) is 23.5 Å². The van der Waals surface area contributed by atoms with E-state index in [1.165, 1.54) is 4.31 Å². The predicted octanol–water partition coefficient (Wildman–Crippen LogP) is 2.06. The molecule has 28 heavy (non-hydrogen) atoms. The average molecular weight is 428 g/mol. The Morgan fingerprint density at radius 2 is 1.68 bits per heavy atom. The minimum atomic E-state index is -3.46. The first-order valence-electron chi connectivity index (χ1n) is 9.99. The molecule has 1 aliphatic heterocycles. The van der Waals surface area contributed by atoms with Crippen LogP contribution in [0.25, 0.3) is 0 Å². The molecule has 6 nitrogen and oxygen atoms in total. The van der Waals surface area contributed by atoms with Crippen molar-refractivity contribution in [2.75, 3.05) is 13.1 Å². The lowest BCUT2D eigenvalue weighted by atomic mass is 9.84. The van der Waals surface area contributed by atoms with Gasteiger partial charge in [0.25, 0.3) is 0 Å². The highest BCUT2D eigenvalue weighted by atomic mass is 35.5. The summed E-state index contributed by atoms with van der Waals surface area (Å²) in [6.07, 6.45) is 4.65. The molecule has 2 bridgehead atoms. The van der Waals surface area contributed by atoms with Gasteiger partial charge < -0.3 is 11.1 Å². The van der Waals surface area contributed by atoms with E-state index in [9.17, 15) is 13.2 Å². The molecule has 3 aliphatic rings. The molecule has 1 heterocycles. The SMILES string of the molecule is Cc1ccc(S(=O)(=O)N2CCC(NC(=O)C3C4CCC(C4)C3N)CC2)cc1.Cl. The quantitative estimate of drug-likeness (QED) is 0.769. The number of aryl methyl sites for hydroxylation is 1. The van der Waals surface area contributed by atoms with Gasteiger partial charge in [-0.15, -0.1) is 12.4 Å². The van der Waals surface area contributed by atoms with Crippen LogP contribution in [0.5, 0.6) is 0 Å². The fraction of sp³-hybridized carbons (Fsp3) is 0.650. The molecule has 2 aliphatic carbocycles. The van der Waals surface area contributed by atoms with Gasteiger partial charge in [0.2, 0.25) is 15.9 Å². The fourth-order valence-corrected chi connectivity index (χ4v) is 6.59. The molecule has 0 radical (unpaired) electrons. The van der Waals surface area contributed by atoms with Crippen LogP contribution in [0.4, 0.5) is 0 Å². The molecule has 8 heteroatoms. The van der Waals surface area contributed by atoms with Crippen molar-refractivity contribution in [1.29, 1.82) is 0 Å². The van der Waals surface area contributed by atoms with E-state index in [1.807, 2.05) is 19.1 Å². The Labute approximate surface area is 173 Å². The average Bonchev–Trinajstić information content (AvgIpc) is 3.23. The molecule has 4 atom stereocenters. The van der Waals surface area contributed by atoms with E-state index in [0.717, 1.165) is 24.8 Å². The summed E-state index contributed by atoms with van der Waals surface area (Å²) in [4.78, 5) is 13.1. The van der Waals surface area contributed by atoms with Gasteiger partial charge in [-0.25, -0.2) is 8.42 Å². The topological polar surface area (TPSA) is 92.5 Å². The van der Waals surface area contributed by atoms with E-state index in [1.54, 1.807) is 12.1 Å². The molecule has 3 fully saturated rings. The highest BCUT2D eigenvalue weighted by molar-refractivity contribution is 7.89. The fourth-order valence-electron chi connectivity index (χ4n) is 5.12. The number of nitrogens with one attached hydrogen (secondary N) is 1. The maximum Gasteiger partial charge on any atom is 0.243 e. The number of carbonyl (C=O) groups is 1. The number of nitrogens with two attached hydrogens (primary N) is 1. The Kier molecular flexibility index (Phi) is 6.39. The number of hydrogen-bond donors (Lipinski definition) is 2. The van der Waals surface area contributed by atoms with E-state index in [4.69, 9.17) is 5.73 Å². The second-order valence-electron chi connectivity index (χ2n) is 8.44. The van der Waals surface area contributed by atoms with E-state index in [-0.39, 0.29) is 36.3 Å². The van der Waals surface area contributed by atoms with Gasteiger partial charge >= 0.3 is 0 Å². The first-order chi connectivity index (χ1) is 12.9. The first-order valence-corrected chi connectivity index (χ1v) is 11.4. The lowest BCUT2D eigenvalue weighted by Gasteiger charge is -2.34. The van der Waals surface area contributed by atoms with Crippen molar-refractivity contribution >= 4 is 28.3 Å². The van der Waals surface area contributed by atoms with Gasteiger partial charge in [-0.05, 0) is 63.0 Å². The molecule has 1 aromatic rings. The van der Waals surface area contributed by atoms with Crippen LogP contribution in [0.1, 0.15) is 37.7 Å². The summed E-state index contributed by atoms with van der Waals surface area (Å²) < 4.78 is 27.1. The zero-order valence-corrected chi connectivity index (χ0v) is 17.8. The number of fused-ring (bicyclic) bond motifs is 2. The lowest BCUT2D eigenvalue weighted by molar-refractivity contribution is -0.128. The molecule has 1 amide bonds. The minimum Gasteiger partial charge on any atom is -0.353 e. The number of amides is 1. The van der Waals surface area contributed by atoms with Crippen molar-refractivity contribution in [1.82, 2.24) is 9.62 Å². The number of hydrogen-bond acceptors (Lipinski definition) is 4. The molecule has 1 aromatic carbocycles. The molecule has 0 aromatic heterocycles. The molecular formula is C20H30ClN3O3S. The molecule has 2 saturated carbocycles. The molecule has 4 unspecified atom stereocenters. The monoisotopic (exact) mass is 427 g/mol. The third kappa shape index (κ3) is 3.95. The third-order valence-corrected chi connectivity index (χ3v) is 8.66. The summed E-state index contributed by atoms with van der Waals surface area (Å²) >= 11 is 0. The van der Waals surface area contributed by atoms with Gasteiger partial charge in [-0.3, -0.25) is 4.79 Å². The highest BCUT2D eigenvalue weighted by Gasteiger charge is 2.49. The number of sulfonamides is 1. The second-order valence-corrected chi connectivity index (χ2v) is 10.4. The Morgan fingerprint density at radius 3 is 2.25 bits per heavy atom. The number of rotatable bonds is 4. The number of nitrogens with zero attached hydrogens (tertiary/aromatic N) is 1. The molecule has 156 valence electrons. The Balaban J connectivity index is 0.00000225. The number of piperidine rings is 1. The maximum absolute atomic E-state index is 12.8. The first kappa shape index (κ1) is 21.6. The van der Waals surface area contributed by atoms with Crippen molar-refractivity contribution in [3.8, 4) is 0 Å². The molecule has 3 N–H and O–H groups in total.